The second kappa shape index (κ2) is 7.48. The van der Waals surface area contributed by atoms with Crippen LogP contribution in [0.25, 0.3) is 5.76 Å². The van der Waals surface area contributed by atoms with E-state index in [0.717, 1.165) is 0 Å². The Bertz CT molecular complexity index is 1030. The van der Waals surface area contributed by atoms with Gasteiger partial charge in [0.25, 0.3) is 0 Å². The van der Waals surface area contributed by atoms with Gasteiger partial charge in [-0.05, 0) is 25.1 Å². The number of hydrogen-bond donors (Lipinski definition) is 1. The molecule has 7 nitrogen and oxygen atoms in total. The van der Waals surface area contributed by atoms with Crippen molar-refractivity contribution in [2.45, 2.75) is 6.92 Å². The van der Waals surface area contributed by atoms with Gasteiger partial charge in [0.15, 0.2) is 5.78 Å². The smallest absolute Gasteiger partial charge is 0.337 e. The van der Waals surface area contributed by atoms with Gasteiger partial charge in [-0.1, -0.05) is 24.3 Å². The minimum atomic E-state index is -0.647. The quantitative estimate of drug-likeness (QED) is 0.644. The van der Waals surface area contributed by atoms with Gasteiger partial charge in [0.05, 0.1) is 42.3 Å². The lowest BCUT2D eigenvalue weighted by molar-refractivity contribution is 0.0599. The lowest BCUT2D eigenvalue weighted by Crippen LogP contribution is -2.08. The Morgan fingerprint density at radius 1 is 0.929 bits per heavy atom. The molecule has 0 amide bonds. The zero-order valence-electron chi connectivity index (χ0n) is 15.5. The van der Waals surface area contributed by atoms with E-state index in [0.29, 0.717) is 11.1 Å². The third kappa shape index (κ3) is 3.29. The maximum absolute atomic E-state index is 12.6. The maximum Gasteiger partial charge on any atom is 0.337 e. The number of allylic oxidation sites excluding steroid dienone is 1. The van der Waals surface area contributed by atoms with Crippen LogP contribution in [-0.4, -0.2) is 42.8 Å². The van der Waals surface area contributed by atoms with Crippen LogP contribution in [0.15, 0.2) is 53.0 Å². The van der Waals surface area contributed by atoms with Gasteiger partial charge in [0, 0.05) is 11.1 Å². The number of hydrogen-bond acceptors (Lipinski definition) is 7. The molecule has 0 saturated heterocycles. The SMILES string of the molecule is COC(=O)c1cc(N=C(C)C2=C(O)c3ccccc3C2=O)cc(C(=O)OC)c1. The van der Waals surface area contributed by atoms with Gasteiger partial charge in [-0.2, -0.15) is 0 Å². The molecule has 0 unspecified atom stereocenters. The van der Waals surface area contributed by atoms with Crippen molar-refractivity contribution >= 4 is 34.9 Å². The zero-order chi connectivity index (χ0) is 20.4. The van der Waals surface area contributed by atoms with Crippen LogP contribution in [0.2, 0.25) is 0 Å². The molecule has 142 valence electrons. The predicted octanol–water partition coefficient (Wildman–Crippen LogP) is 3.52. The second-order valence-electron chi connectivity index (χ2n) is 6.05. The average Bonchev–Trinajstić information content (AvgIpc) is 2.97. The fourth-order valence-electron chi connectivity index (χ4n) is 3.00. The number of ether oxygens (including phenoxy) is 2. The largest absolute Gasteiger partial charge is 0.506 e. The van der Waals surface area contributed by atoms with Crippen LogP contribution in [-0.2, 0) is 9.47 Å². The number of ketones is 1. The Hall–Kier alpha value is -3.74. The molecular weight excluding hydrogens is 362 g/mol. The Morgan fingerprint density at radius 3 is 1.96 bits per heavy atom. The van der Waals surface area contributed by atoms with Crippen LogP contribution in [0.5, 0.6) is 0 Å². The van der Waals surface area contributed by atoms with Crippen LogP contribution >= 0.6 is 0 Å². The minimum absolute atomic E-state index is 0.0734. The van der Waals surface area contributed by atoms with Crippen LogP contribution in [0.1, 0.15) is 43.6 Å². The highest BCUT2D eigenvalue weighted by atomic mass is 16.5. The summed E-state index contributed by atoms with van der Waals surface area (Å²) in [4.78, 5) is 40.8. The first-order chi connectivity index (χ1) is 13.4. The number of fused-ring (bicyclic) bond motifs is 1. The molecule has 1 N–H and O–H groups in total. The van der Waals surface area contributed by atoms with Crippen LogP contribution in [0.3, 0.4) is 0 Å². The summed E-state index contributed by atoms with van der Waals surface area (Å²) >= 11 is 0. The maximum atomic E-state index is 12.6. The topological polar surface area (TPSA) is 102 Å². The van der Waals surface area contributed by atoms with Gasteiger partial charge in [0.1, 0.15) is 5.76 Å². The van der Waals surface area contributed by atoms with E-state index in [2.05, 4.69) is 4.99 Å². The molecule has 0 bridgehead atoms. The number of carbonyl (C=O) groups is 3. The molecule has 0 radical (unpaired) electrons. The third-order valence-electron chi connectivity index (χ3n) is 4.31. The van der Waals surface area contributed by atoms with E-state index in [1.54, 1.807) is 31.2 Å². The molecule has 0 saturated carbocycles. The molecule has 1 aliphatic rings. The van der Waals surface area contributed by atoms with Gasteiger partial charge < -0.3 is 14.6 Å². The number of nitrogens with zero attached hydrogens (tertiary/aromatic N) is 1. The summed E-state index contributed by atoms with van der Waals surface area (Å²) in [5, 5.41) is 10.5. The fourth-order valence-corrected chi connectivity index (χ4v) is 3.00. The van der Waals surface area contributed by atoms with Crippen molar-refractivity contribution in [3.8, 4) is 0 Å². The molecule has 0 aliphatic heterocycles. The van der Waals surface area contributed by atoms with Crippen molar-refractivity contribution < 1.29 is 29.0 Å². The zero-order valence-corrected chi connectivity index (χ0v) is 15.5. The number of esters is 2. The van der Waals surface area contributed by atoms with Gasteiger partial charge in [-0.15, -0.1) is 0 Å². The molecule has 3 rings (SSSR count). The summed E-state index contributed by atoms with van der Waals surface area (Å²) in [5.74, 6) is -1.79. The minimum Gasteiger partial charge on any atom is -0.506 e. The molecule has 0 fully saturated rings. The summed E-state index contributed by atoms with van der Waals surface area (Å²) < 4.78 is 9.40. The molecule has 2 aromatic carbocycles. The lowest BCUT2D eigenvalue weighted by atomic mass is 10.1. The average molecular weight is 379 g/mol. The highest BCUT2D eigenvalue weighted by molar-refractivity contribution is 6.35. The molecule has 2 aromatic rings. The van der Waals surface area contributed by atoms with Crippen molar-refractivity contribution in [1.82, 2.24) is 0 Å². The monoisotopic (exact) mass is 379 g/mol. The standard InChI is InChI=1S/C21H17NO6/c1-11(17-18(23)15-6-4-5-7-16(15)19(17)24)22-14-9-12(20(25)27-2)8-13(10-14)21(26)28-3/h4-10,23H,1-3H3. The van der Waals surface area contributed by atoms with Crippen molar-refractivity contribution in [2.24, 2.45) is 4.99 Å². The number of carbonyl (C=O) groups excluding carboxylic acids is 3. The normalized spacial score (nSPS) is 13.4. The number of aliphatic imine (C=N–C) groups is 1. The van der Waals surface area contributed by atoms with E-state index in [-0.39, 0.29) is 39.6 Å². The Balaban J connectivity index is 2.08. The van der Waals surface area contributed by atoms with E-state index in [9.17, 15) is 19.5 Å². The van der Waals surface area contributed by atoms with Crippen molar-refractivity contribution in [3.05, 3.63) is 70.3 Å². The van der Waals surface area contributed by atoms with Crippen LogP contribution in [0.4, 0.5) is 5.69 Å². The van der Waals surface area contributed by atoms with E-state index >= 15 is 0 Å². The van der Waals surface area contributed by atoms with Gasteiger partial charge in [-0.25, -0.2) is 9.59 Å². The molecule has 28 heavy (non-hydrogen) atoms. The van der Waals surface area contributed by atoms with E-state index < -0.39 is 11.9 Å². The van der Waals surface area contributed by atoms with E-state index in [1.807, 2.05) is 0 Å². The van der Waals surface area contributed by atoms with Gasteiger partial charge in [-0.3, -0.25) is 9.79 Å². The number of rotatable bonds is 4. The number of Topliss-reactive ketones (excluding diaryl/α,β-unsaturated/α-hetero) is 1. The summed E-state index contributed by atoms with van der Waals surface area (Å²) in [6.07, 6.45) is 0. The molecule has 1 aliphatic carbocycles. The summed E-state index contributed by atoms with van der Waals surface area (Å²) in [6.45, 7) is 1.57. The van der Waals surface area contributed by atoms with Gasteiger partial charge >= 0.3 is 11.9 Å². The Labute approximate surface area is 160 Å². The van der Waals surface area contributed by atoms with Crippen LogP contribution in [0, 0.1) is 0 Å². The summed E-state index contributed by atoms with van der Waals surface area (Å²) in [5.41, 5.74) is 1.61. The third-order valence-corrected chi connectivity index (χ3v) is 4.31. The van der Waals surface area contributed by atoms with Gasteiger partial charge in [0.2, 0.25) is 0 Å². The fraction of sp³-hybridized carbons (Fsp3) is 0.143. The lowest BCUT2D eigenvalue weighted by Gasteiger charge is -2.07. The Morgan fingerprint density at radius 2 is 1.46 bits per heavy atom. The number of aliphatic hydroxyl groups excluding tert-OH is 1. The van der Waals surface area contributed by atoms with Crippen molar-refractivity contribution in [3.63, 3.8) is 0 Å². The predicted molar refractivity (Wildman–Crippen MR) is 102 cm³/mol. The first kappa shape index (κ1) is 19.0. The highest BCUT2D eigenvalue weighted by Crippen LogP contribution is 2.32. The van der Waals surface area contributed by atoms with E-state index in [4.69, 9.17) is 9.47 Å². The second-order valence-corrected chi connectivity index (χ2v) is 6.05. The number of methoxy groups -OCH3 is 2. The first-order valence-corrected chi connectivity index (χ1v) is 8.32. The number of benzene rings is 2. The van der Waals surface area contributed by atoms with Crippen LogP contribution < -0.4 is 0 Å². The molecule has 0 heterocycles. The highest BCUT2D eigenvalue weighted by Gasteiger charge is 2.31. The summed E-state index contributed by atoms with van der Waals surface area (Å²) in [7, 11) is 2.44. The molecule has 0 spiro atoms. The van der Waals surface area contributed by atoms with Crippen molar-refractivity contribution in [1.29, 1.82) is 0 Å². The molecule has 0 aromatic heterocycles. The molecule has 0 atom stereocenters. The summed E-state index contributed by atoms with van der Waals surface area (Å²) in [6, 6.07) is 10.9. The first-order valence-electron chi connectivity index (χ1n) is 8.32. The van der Waals surface area contributed by atoms with Crippen molar-refractivity contribution in [2.75, 3.05) is 14.2 Å². The van der Waals surface area contributed by atoms with E-state index in [1.165, 1.54) is 32.4 Å². The molecular formula is C21H17NO6. The Kier molecular flexibility index (Phi) is 5.08. The molecule has 7 heteroatoms. The number of aliphatic hydroxyl groups is 1.